The second-order valence-electron chi connectivity index (χ2n) is 5.09. The zero-order valence-corrected chi connectivity index (χ0v) is 9.84. The molecule has 2 unspecified atom stereocenters. The third-order valence-corrected chi connectivity index (χ3v) is 3.98. The van der Waals surface area contributed by atoms with Crippen molar-refractivity contribution in [1.82, 2.24) is 0 Å². The van der Waals surface area contributed by atoms with Crippen LogP contribution in [0.1, 0.15) is 40.0 Å². The molecule has 78 valence electrons. The number of rotatable bonds is 3. The van der Waals surface area contributed by atoms with Crippen LogP contribution in [0.25, 0.3) is 0 Å². The first-order chi connectivity index (χ1) is 6.13. The van der Waals surface area contributed by atoms with Crippen LogP contribution in [0.5, 0.6) is 0 Å². The Balaban J connectivity index is 2.59. The Morgan fingerprint density at radius 2 is 1.46 bits per heavy atom. The minimum atomic E-state index is 0.989. The van der Waals surface area contributed by atoms with E-state index in [1.807, 2.05) is 0 Å². The molecule has 1 aliphatic rings. The Hall–Kier alpha value is -0.0400. The molecule has 0 aromatic carbocycles. The Bertz CT molecular complexity index is 141. The summed E-state index contributed by atoms with van der Waals surface area (Å²) in [5.74, 6) is 1.98. The van der Waals surface area contributed by atoms with Crippen molar-refractivity contribution in [2.45, 2.75) is 40.0 Å². The first kappa shape index (κ1) is 11.0. The van der Waals surface area contributed by atoms with Crippen LogP contribution in [0.15, 0.2) is 0 Å². The fraction of sp³-hybridized carbons (Fsp3) is 1.00. The summed E-state index contributed by atoms with van der Waals surface area (Å²) in [5, 5.41) is 0. The summed E-state index contributed by atoms with van der Waals surface area (Å²) < 4.78 is 1.32. The van der Waals surface area contributed by atoms with Gasteiger partial charge >= 0.3 is 0 Å². The van der Waals surface area contributed by atoms with Crippen molar-refractivity contribution < 1.29 is 4.48 Å². The molecule has 13 heavy (non-hydrogen) atoms. The first-order valence-corrected chi connectivity index (χ1v) is 5.97. The Kier molecular flexibility index (Phi) is 3.78. The van der Waals surface area contributed by atoms with Crippen molar-refractivity contribution in [3.05, 3.63) is 0 Å². The highest BCUT2D eigenvalue weighted by molar-refractivity contribution is 4.69. The van der Waals surface area contributed by atoms with Gasteiger partial charge in [-0.25, -0.2) is 0 Å². The smallest absolute Gasteiger partial charge is 0.0813 e. The zero-order valence-electron chi connectivity index (χ0n) is 9.84. The lowest BCUT2D eigenvalue weighted by Crippen LogP contribution is -2.53. The van der Waals surface area contributed by atoms with Crippen molar-refractivity contribution in [3.8, 4) is 0 Å². The van der Waals surface area contributed by atoms with E-state index in [1.54, 1.807) is 0 Å². The topological polar surface area (TPSA) is 0 Å². The van der Waals surface area contributed by atoms with Crippen LogP contribution in [-0.4, -0.2) is 31.2 Å². The monoisotopic (exact) mass is 184 g/mol. The molecule has 1 aliphatic heterocycles. The summed E-state index contributed by atoms with van der Waals surface area (Å²) in [4.78, 5) is 0. The highest BCUT2D eigenvalue weighted by Gasteiger charge is 2.33. The maximum atomic E-state index is 2.44. The Labute approximate surface area is 83.7 Å². The zero-order chi connectivity index (χ0) is 9.90. The minimum absolute atomic E-state index is 0.989. The van der Waals surface area contributed by atoms with Gasteiger partial charge in [0.15, 0.2) is 0 Å². The molecule has 2 atom stereocenters. The fourth-order valence-corrected chi connectivity index (χ4v) is 2.79. The molecule has 0 saturated carbocycles. The van der Waals surface area contributed by atoms with E-state index in [9.17, 15) is 0 Å². The molecule has 0 aromatic rings. The minimum Gasteiger partial charge on any atom is -0.326 e. The highest BCUT2D eigenvalue weighted by Crippen LogP contribution is 2.29. The van der Waals surface area contributed by atoms with Crippen LogP contribution in [0.3, 0.4) is 0 Å². The maximum absolute atomic E-state index is 2.44. The summed E-state index contributed by atoms with van der Waals surface area (Å²) in [6.45, 7) is 11.2. The first-order valence-electron chi connectivity index (χ1n) is 5.97. The van der Waals surface area contributed by atoms with Crippen LogP contribution in [0, 0.1) is 11.8 Å². The highest BCUT2D eigenvalue weighted by atomic mass is 15.3. The summed E-state index contributed by atoms with van der Waals surface area (Å²) >= 11 is 0. The molecule has 1 heterocycles. The maximum Gasteiger partial charge on any atom is 0.0813 e. The third-order valence-electron chi connectivity index (χ3n) is 3.98. The number of piperidine rings is 1. The van der Waals surface area contributed by atoms with E-state index in [2.05, 4.69) is 27.8 Å². The number of hydrogen-bond acceptors (Lipinski definition) is 0. The van der Waals surface area contributed by atoms with Gasteiger partial charge in [0.05, 0.1) is 26.7 Å². The predicted octanol–water partition coefficient (Wildman–Crippen LogP) is 2.91. The molecule has 1 fully saturated rings. The van der Waals surface area contributed by atoms with Gasteiger partial charge < -0.3 is 4.48 Å². The summed E-state index contributed by atoms with van der Waals surface area (Å²) in [6.07, 6.45) is 4.25. The van der Waals surface area contributed by atoms with Crippen molar-refractivity contribution in [2.24, 2.45) is 11.8 Å². The molecular weight excluding hydrogens is 158 g/mol. The van der Waals surface area contributed by atoms with Gasteiger partial charge in [-0.1, -0.05) is 13.8 Å². The van der Waals surface area contributed by atoms with Crippen molar-refractivity contribution >= 4 is 0 Å². The molecular formula is C12H26N+. The molecule has 1 heteroatoms. The molecule has 1 rings (SSSR count). The summed E-state index contributed by atoms with van der Waals surface area (Å²) in [7, 11) is 2.44. The van der Waals surface area contributed by atoms with Gasteiger partial charge in [-0.05, 0) is 26.2 Å². The molecule has 1 saturated heterocycles. The molecule has 0 bridgehead atoms. The number of hydrogen-bond donors (Lipinski definition) is 0. The van der Waals surface area contributed by atoms with Crippen molar-refractivity contribution in [1.29, 1.82) is 0 Å². The van der Waals surface area contributed by atoms with E-state index >= 15 is 0 Å². The molecule has 0 spiro atoms. The third kappa shape index (κ3) is 2.70. The van der Waals surface area contributed by atoms with Crippen LogP contribution < -0.4 is 0 Å². The summed E-state index contributed by atoms with van der Waals surface area (Å²) in [5.41, 5.74) is 0. The normalized spacial score (nSPS) is 40.6. The second kappa shape index (κ2) is 4.45. The Morgan fingerprint density at radius 3 is 1.77 bits per heavy atom. The van der Waals surface area contributed by atoms with E-state index in [0.717, 1.165) is 11.8 Å². The Morgan fingerprint density at radius 1 is 1.00 bits per heavy atom. The van der Waals surface area contributed by atoms with E-state index in [1.165, 1.54) is 43.4 Å². The standard InChI is InChI=1S/C12H26N/c1-5-11-8-12(6-2)10-13(4,7-3)9-11/h11-12H,5-10H2,1-4H3/q+1. The summed E-state index contributed by atoms with van der Waals surface area (Å²) in [6, 6.07) is 0. The van der Waals surface area contributed by atoms with Gasteiger partial charge in [0.25, 0.3) is 0 Å². The van der Waals surface area contributed by atoms with E-state index in [-0.39, 0.29) is 0 Å². The van der Waals surface area contributed by atoms with E-state index in [4.69, 9.17) is 0 Å². The number of nitrogens with zero attached hydrogens (tertiary/aromatic N) is 1. The quantitative estimate of drug-likeness (QED) is 0.592. The molecule has 0 aliphatic carbocycles. The van der Waals surface area contributed by atoms with Gasteiger partial charge in [0.1, 0.15) is 0 Å². The van der Waals surface area contributed by atoms with Gasteiger partial charge in [-0.15, -0.1) is 0 Å². The molecule has 0 radical (unpaired) electrons. The van der Waals surface area contributed by atoms with Crippen LogP contribution >= 0.6 is 0 Å². The largest absolute Gasteiger partial charge is 0.326 e. The van der Waals surface area contributed by atoms with Gasteiger partial charge in [0, 0.05) is 11.8 Å². The number of likely N-dealkylation sites (tertiary alicyclic amines) is 1. The lowest BCUT2D eigenvalue weighted by Gasteiger charge is -2.44. The van der Waals surface area contributed by atoms with E-state index in [0.29, 0.717) is 0 Å². The van der Waals surface area contributed by atoms with Crippen LogP contribution in [0.2, 0.25) is 0 Å². The van der Waals surface area contributed by atoms with Gasteiger partial charge in [-0.2, -0.15) is 0 Å². The molecule has 0 aromatic heterocycles. The second-order valence-corrected chi connectivity index (χ2v) is 5.09. The predicted molar refractivity (Wildman–Crippen MR) is 58.6 cm³/mol. The van der Waals surface area contributed by atoms with Gasteiger partial charge in [-0.3, -0.25) is 0 Å². The van der Waals surface area contributed by atoms with Gasteiger partial charge in [0.2, 0.25) is 0 Å². The van der Waals surface area contributed by atoms with E-state index < -0.39 is 0 Å². The SMILES string of the molecule is CCC1CC(CC)C[N+](C)(CC)C1. The fourth-order valence-electron chi connectivity index (χ4n) is 2.79. The number of quaternary nitrogens is 1. The van der Waals surface area contributed by atoms with Crippen molar-refractivity contribution in [3.63, 3.8) is 0 Å². The van der Waals surface area contributed by atoms with Crippen LogP contribution in [-0.2, 0) is 0 Å². The average molecular weight is 184 g/mol. The molecule has 0 amide bonds. The molecule has 0 N–H and O–H groups in total. The average Bonchev–Trinajstić information content (AvgIpc) is 2.17. The van der Waals surface area contributed by atoms with Crippen molar-refractivity contribution in [2.75, 3.05) is 26.7 Å². The molecule has 1 nitrogen and oxygen atoms in total. The van der Waals surface area contributed by atoms with Crippen LogP contribution in [0.4, 0.5) is 0 Å². The lowest BCUT2D eigenvalue weighted by molar-refractivity contribution is -0.919. The lowest BCUT2D eigenvalue weighted by atomic mass is 9.85.